The van der Waals surface area contributed by atoms with Crippen molar-refractivity contribution in [3.05, 3.63) is 33.8 Å². The molecule has 0 spiro atoms. The highest BCUT2D eigenvalue weighted by atomic mass is 35.5. The molecule has 4 nitrogen and oxygen atoms in total. The molecule has 1 N–H and O–H groups in total. The van der Waals surface area contributed by atoms with Gasteiger partial charge >= 0.3 is 5.97 Å². The van der Waals surface area contributed by atoms with E-state index in [4.69, 9.17) is 28.3 Å². The number of carbonyl (C=O) groups is 2. The Kier molecular flexibility index (Phi) is 4.32. The molecule has 102 valence electrons. The van der Waals surface area contributed by atoms with Crippen molar-refractivity contribution in [1.29, 1.82) is 0 Å². The van der Waals surface area contributed by atoms with Gasteiger partial charge in [0.05, 0.1) is 12.3 Å². The molecule has 1 unspecified atom stereocenters. The largest absolute Gasteiger partial charge is 0.481 e. The van der Waals surface area contributed by atoms with Crippen molar-refractivity contribution < 1.29 is 14.7 Å². The van der Waals surface area contributed by atoms with E-state index in [1.807, 2.05) is 0 Å². The molecule has 2 rings (SSSR count). The molecule has 1 fully saturated rings. The van der Waals surface area contributed by atoms with Crippen LogP contribution in [0.1, 0.15) is 12.0 Å². The van der Waals surface area contributed by atoms with Crippen LogP contribution in [0.15, 0.2) is 18.2 Å². The number of nitrogens with zero attached hydrogens (tertiary/aromatic N) is 1. The van der Waals surface area contributed by atoms with E-state index < -0.39 is 11.9 Å². The molecule has 0 saturated carbocycles. The van der Waals surface area contributed by atoms with Gasteiger partial charge in [-0.3, -0.25) is 9.59 Å². The molecular weight excluding hydrogens is 289 g/mol. The summed E-state index contributed by atoms with van der Waals surface area (Å²) >= 11 is 12.0. The zero-order valence-electron chi connectivity index (χ0n) is 10.1. The maximum atomic E-state index is 12.1. The van der Waals surface area contributed by atoms with E-state index in [0.29, 0.717) is 28.6 Å². The van der Waals surface area contributed by atoms with Crippen molar-refractivity contribution in [3.8, 4) is 0 Å². The average Bonchev–Trinajstić information content (AvgIpc) is 2.83. The van der Waals surface area contributed by atoms with Gasteiger partial charge in [0.1, 0.15) is 0 Å². The number of hydrogen-bond donors (Lipinski definition) is 1. The molecule has 1 aliphatic heterocycles. The van der Waals surface area contributed by atoms with E-state index in [9.17, 15) is 9.59 Å². The van der Waals surface area contributed by atoms with E-state index in [0.717, 1.165) is 0 Å². The van der Waals surface area contributed by atoms with Crippen molar-refractivity contribution in [2.45, 2.75) is 12.8 Å². The highest BCUT2D eigenvalue weighted by Crippen LogP contribution is 2.26. The third-order valence-electron chi connectivity index (χ3n) is 3.28. The Morgan fingerprint density at radius 3 is 2.47 bits per heavy atom. The quantitative estimate of drug-likeness (QED) is 0.933. The smallest absolute Gasteiger partial charge is 0.308 e. The summed E-state index contributed by atoms with van der Waals surface area (Å²) in [6, 6.07) is 5.08. The highest BCUT2D eigenvalue weighted by Gasteiger charge is 2.31. The molecule has 1 aromatic rings. The second-order valence-electron chi connectivity index (χ2n) is 4.54. The zero-order chi connectivity index (χ0) is 14.0. The molecule has 1 saturated heterocycles. The lowest BCUT2D eigenvalue weighted by Gasteiger charge is -2.16. The van der Waals surface area contributed by atoms with Crippen molar-refractivity contribution >= 4 is 35.1 Å². The fourth-order valence-electron chi connectivity index (χ4n) is 2.15. The summed E-state index contributed by atoms with van der Waals surface area (Å²) in [5.41, 5.74) is 0.592. The molecule has 0 aliphatic carbocycles. The minimum atomic E-state index is -0.855. The topological polar surface area (TPSA) is 57.6 Å². The number of benzene rings is 1. The number of carboxylic acids is 1. The molecule has 1 aromatic carbocycles. The number of carbonyl (C=O) groups excluding carboxylic acids is 1. The summed E-state index contributed by atoms with van der Waals surface area (Å²) in [6.07, 6.45) is 0.599. The summed E-state index contributed by atoms with van der Waals surface area (Å²) in [4.78, 5) is 24.5. The van der Waals surface area contributed by atoms with Crippen LogP contribution in [0.3, 0.4) is 0 Å². The zero-order valence-corrected chi connectivity index (χ0v) is 11.6. The summed E-state index contributed by atoms with van der Waals surface area (Å²) in [6.45, 7) is 0.730. The Morgan fingerprint density at radius 1 is 1.32 bits per heavy atom. The molecule has 19 heavy (non-hydrogen) atoms. The lowest BCUT2D eigenvalue weighted by Crippen LogP contribution is -2.31. The first kappa shape index (κ1) is 14.2. The molecule has 6 heteroatoms. The number of carboxylic acid groups (broad SMARTS) is 1. The average molecular weight is 302 g/mol. The van der Waals surface area contributed by atoms with Gasteiger partial charge in [0.25, 0.3) is 0 Å². The van der Waals surface area contributed by atoms with Crippen molar-refractivity contribution in [2.24, 2.45) is 5.92 Å². The van der Waals surface area contributed by atoms with E-state index in [-0.39, 0.29) is 18.9 Å². The maximum Gasteiger partial charge on any atom is 0.308 e. The van der Waals surface area contributed by atoms with Gasteiger partial charge in [0.2, 0.25) is 5.91 Å². The predicted octanol–water partition coefficient (Wildman–Crippen LogP) is 2.47. The highest BCUT2D eigenvalue weighted by molar-refractivity contribution is 6.36. The second kappa shape index (κ2) is 5.80. The number of likely N-dealkylation sites (tertiary alicyclic amines) is 1. The lowest BCUT2D eigenvalue weighted by molar-refractivity contribution is -0.141. The Labute approximate surface area is 120 Å². The molecule has 1 heterocycles. The molecule has 1 amide bonds. The fraction of sp³-hybridized carbons (Fsp3) is 0.385. The van der Waals surface area contributed by atoms with E-state index in [1.54, 1.807) is 23.1 Å². The number of amides is 1. The number of halogens is 2. The summed E-state index contributed by atoms with van der Waals surface area (Å²) < 4.78 is 0. The number of hydrogen-bond acceptors (Lipinski definition) is 2. The standard InChI is InChI=1S/C13H13Cl2NO3/c14-10-2-1-3-11(15)9(10)6-12(17)16-5-4-8(7-16)13(18)19/h1-3,8H,4-7H2,(H,18,19). The van der Waals surface area contributed by atoms with Crippen LogP contribution < -0.4 is 0 Å². The molecule has 1 atom stereocenters. The molecular formula is C13H13Cl2NO3. The Hall–Kier alpha value is -1.26. The van der Waals surface area contributed by atoms with Gasteiger partial charge in [-0.05, 0) is 24.1 Å². The van der Waals surface area contributed by atoms with E-state index >= 15 is 0 Å². The third kappa shape index (κ3) is 3.19. The van der Waals surface area contributed by atoms with Gasteiger partial charge in [-0.15, -0.1) is 0 Å². The molecule has 0 bridgehead atoms. The first-order chi connectivity index (χ1) is 8.99. The summed E-state index contributed by atoms with van der Waals surface area (Å²) in [5, 5.41) is 9.82. The van der Waals surface area contributed by atoms with Crippen LogP contribution in [0, 0.1) is 5.92 Å². The van der Waals surface area contributed by atoms with Crippen LogP contribution in [-0.4, -0.2) is 35.0 Å². The van der Waals surface area contributed by atoms with E-state index in [2.05, 4.69) is 0 Å². The van der Waals surface area contributed by atoms with Crippen LogP contribution in [0.4, 0.5) is 0 Å². The summed E-state index contributed by atoms with van der Waals surface area (Å²) in [5.74, 6) is -1.46. The van der Waals surface area contributed by atoms with Gasteiger partial charge in [0, 0.05) is 23.1 Å². The van der Waals surface area contributed by atoms with E-state index in [1.165, 1.54) is 0 Å². The normalized spacial score (nSPS) is 18.6. The van der Waals surface area contributed by atoms with Gasteiger partial charge in [0.15, 0.2) is 0 Å². The minimum Gasteiger partial charge on any atom is -0.481 e. The van der Waals surface area contributed by atoms with Crippen LogP contribution in [0.5, 0.6) is 0 Å². The SMILES string of the molecule is O=C(O)C1CCN(C(=O)Cc2c(Cl)cccc2Cl)C1. The second-order valence-corrected chi connectivity index (χ2v) is 5.35. The van der Waals surface area contributed by atoms with Crippen LogP contribution >= 0.6 is 23.2 Å². The fourth-order valence-corrected chi connectivity index (χ4v) is 2.68. The Bertz CT molecular complexity index is 498. The van der Waals surface area contributed by atoms with Crippen molar-refractivity contribution in [1.82, 2.24) is 4.90 Å². The van der Waals surface area contributed by atoms with Gasteiger partial charge < -0.3 is 10.0 Å². The lowest BCUT2D eigenvalue weighted by atomic mass is 10.1. The number of aliphatic carboxylic acids is 1. The first-order valence-corrected chi connectivity index (χ1v) is 6.68. The maximum absolute atomic E-state index is 12.1. The minimum absolute atomic E-state index is 0.102. The van der Waals surface area contributed by atoms with Gasteiger partial charge in [-0.1, -0.05) is 29.3 Å². The van der Waals surface area contributed by atoms with Crippen LogP contribution in [0.25, 0.3) is 0 Å². The Morgan fingerprint density at radius 2 is 1.95 bits per heavy atom. The van der Waals surface area contributed by atoms with Crippen LogP contribution in [-0.2, 0) is 16.0 Å². The van der Waals surface area contributed by atoms with Gasteiger partial charge in [-0.2, -0.15) is 0 Å². The monoisotopic (exact) mass is 301 g/mol. The molecule has 0 aromatic heterocycles. The Balaban J connectivity index is 2.04. The van der Waals surface area contributed by atoms with Crippen molar-refractivity contribution in [3.63, 3.8) is 0 Å². The van der Waals surface area contributed by atoms with Gasteiger partial charge in [-0.25, -0.2) is 0 Å². The first-order valence-electron chi connectivity index (χ1n) is 5.92. The predicted molar refractivity (Wildman–Crippen MR) is 72.5 cm³/mol. The van der Waals surface area contributed by atoms with Crippen molar-refractivity contribution in [2.75, 3.05) is 13.1 Å². The van der Waals surface area contributed by atoms with Crippen LogP contribution in [0.2, 0.25) is 10.0 Å². The molecule has 0 radical (unpaired) electrons. The summed E-state index contributed by atoms with van der Waals surface area (Å²) in [7, 11) is 0. The number of rotatable bonds is 3. The third-order valence-corrected chi connectivity index (χ3v) is 3.99. The molecule has 1 aliphatic rings.